The predicted molar refractivity (Wildman–Crippen MR) is 80.6 cm³/mol. The first-order chi connectivity index (χ1) is 8.06. The molecule has 1 nitrogen and oxygen atoms in total. The van der Waals surface area contributed by atoms with Crippen LogP contribution in [0.3, 0.4) is 0 Å². The fourth-order valence-corrected chi connectivity index (χ4v) is 13.6. The van der Waals surface area contributed by atoms with Crippen molar-refractivity contribution in [2.75, 3.05) is 0 Å². The third-order valence-corrected chi connectivity index (χ3v) is 14.9. The summed E-state index contributed by atoms with van der Waals surface area (Å²) in [5.41, 5.74) is 5.03. The van der Waals surface area contributed by atoms with Gasteiger partial charge in [0, 0.05) is 0 Å². The second-order valence-corrected chi connectivity index (χ2v) is 18.0. The molecule has 0 bridgehead atoms. The molecule has 0 aliphatic heterocycles. The van der Waals surface area contributed by atoms with Gasteiger partial charge in [0.1, 0.15) is 0 Å². The maximum atomic E-state index is 4.03. The van der Waals surface area contributed by atoms with E-state index in [4.69, 9.17) is 0 Å². The Morgan fingerprint density at radius 3 is 1.70 bits per heavy atom. The summed E-state index contributed by atoms with van der Waals surface area (Å²) in [5.74, 6) is 0.690. The molecule has 0 amide bonds. The fraction of sp³-hybridized carbons (Fsp3) is 0.733. The van der Waals surface area contributed by atoms with Crippen LogP contribution in [0.15, 0.2) is 20.6 Å². The Morgan fingerprint density at radius 1 is 1.00 bits per heavy atom. The molecule has 5 heteroatoms. The van der Waals surface area contributed by atoms with E-state index in [9.17, 15) is 0 Å². The summed E-state index contributed by atoms with van der Waals surface area (Å²) in [6.45, 7) is 21.3. The summed E-state index contributed by atoms with van der Waals surface area (Å²) < 4.78 is 5.85. The van der Waals surface area contributed by atoms with Gasteiger partial charge in [0.15, 0.2) is 0 Å². The SMILES string of the molecule is CC1=C(C)C(C)[C]([Ti+2]([NH]C(C)(C)C)=[Si](C)C)=C1C.[Cl-].[Cl-]. The summed E-state index contributed by atoms with van der Waals surface area (Å²) in [5, 5.41) is 0. The minimum atomic E-state index is -1.30. The van der Waals surface area contributed by atoms with E-state index in [1.165, 1.54) is 0 Å². The Labute approximate surface area is 144 Å². The van der Waals surface area contributed by atoms with E-state index in [1.54, 1.807) is 16.7 Å². The predicted octanol–water partition coefficient (Wildman–Crippen LogP) is -1.57. The molecular weight excluding hydrogens is 341 g/mol. The van der Waals surface area contributed by atoms with Gasteiger partial charge in [-0.2, -0.15) is 0 Å². The third-order valence-electron chi connectivity index (χ3n) is 3.91. The van der Waals surface area contributed by atoms with Crippen molar-refractivity contribution in [3.8, 4) is 0 Å². The quantitative estimate of drug-likeness (QED) is 0.580. The first-order valence-electron chi connectivity index (χ1n) is 6.90. The summed E-state index contributed by atoms with van der Waals surface area (Å²) in [6.07, 6.45) is -0.229. The van der Waals surface area contributed by atoms with Crippen LogP contribution in [0.1, 0.15) is 48.5 Å². The molecule has 1 unspecified atom stereocenters. The molecule has 1 atom stereocenters. The minimum Gasteiger partial charge on any atom is -1.00 e. The summed E-state index contributed by atoms with van der Waals surface area (Å²) in [6, 6.07) is 0. The minimum absolute atomic E-state index is 0. The number of allylic oxidation sites excluding steroid dienone is 4. The van der Waals surface area contributed by atoms with E-state index in [-0.39, 0.29) is 36.5 Å². The van der Waals surface area contributed by atoms with E-state index >= 15 is 0 Å². The number of halogens is 2. The zero-order valence-electron chi connectivity index (χ0n) is 14.3. The topological polar surface area (TPSA) is 12.0 Å². The first-order valence-corrected chi connectivity index (χ1v) is 13.3. The van der Waals surface area contributed by atoms with E-state index in [2.05, 4.69) is 65.4 Å². The van der Waals surface area contributed by atoms with Gasteiger partial charge in [-0.05, 0) is 0 Å². The van der Waals surface area contributed by atoms with Crippen molar-refractivity contribution in [2.45, 2.75) is 67.1 Å². The van der Waals surface area contributed by atoms with Crippen molar-refractivity contribution in [2.24, 2.45) is 5.92 Å². The van der Waals surface area contributed by atoms with Gasteiger partial charge < -0.3 is 24.8 Å². The smallest absolute Gasteiger partial charge is 1.00 e. The fourth-order valence-electron chi connectivity index (χ4n) is 2.60. The van der Waals surface area contributed by atoms with Gasteiger partial charge >= 0.3 is 120 Å². The average Bonchev–Trinajstić information content (AvgIpc) is 2.39. The van der Waals surface area contributed by atoms with Gasteiger partial charge in [-0.25, -0.2) is 0 Å². The average molecular weight is 370 g/mol. The van der Waals surface area contributed by atoms with Gasteiger partial charge in [-0.1, -0.05) is 0 Å². The number of nitrogens with one attached hydrogen (secondary N) is 1. The van der Waals surface area contributed by atoms with Gasteiger partial charge in [0.2, 0.25) is 0 Å². The largest absolute Gasteiger partial charge is 1.00 e. The van der Waals surface area contributed by atoms with Crippen LogP contribution in [0, 0.1) is 5.92 Å². The maximum absolute atomic E-state index is 4.03. The molecule has 0 aromatic carbocycles. The van der Waals surface area contributed by atoms with E-state index in [0.717, 1.165) is 0 Å². The molecule has 1 N–H and O–H groups in total. The van der Waals surface area contributed by atoms with Crippen molar-refractivity contribution >= 4 is 6.19 Å². The molecule has 0 heterocycles. The monoisotopic (exact) mass is 369 g/mol. The van der Waals surface area contributed by atoms with E-state index in [1.807, 2.05) is 3.88 Å². The molecule has 1 aliphatic rings. The molecular formula is C15H29Cl2NSiTi. The summed E-state index contributed by atoms with van der Waals surface area (Å²) >= 11 is -1.30. The van der Waals surface area contributed by atoms with Crippen LogP contribution < -0.4 is 28.6 Å². The Balaban J connectivity index is 0. The molecule has 0 saturated carbocycles. The zero-order valence-corrected chi connectivity index (χ0v) is 18.4. The standard InChI is InChI=1S/C9H13.C4H10N.C2H6Si.2ClH.Ti/c1-6-5-7(2)9(4)8(6)3;1-4(2,3)5;1-3-2;;;/h6H,1-4H3;5H,1-3H3;1-2H3;2*1H;/q;-1;;;;+3/p-2. The molecule has 20 heavy (non-hydrogen) atoms. The molecule has 0 saturated heterocycles. The molecule has 116 valence electrons. The van der Waals surface area contributed by atoms with Crippen molar-refractivity contribution in [3.63, 3.8) is 0 Å². The Bertz CT molecular complexity index is 455. The second-order valence-electron chi connectivity index (χ2n) is 6.82. The van der Waals surface area contributed by atoms with Gasteiger partial charge in [-0.15, -0.1) is 0 Å². The van der Waals surface area contributed by atoms with E-state index < -0.39 is 16.9 Å². The Kier molecular flexibility index (Phi) is 9.93. The third kappa shape index (κ3) is 5.30. The molecule has 1 rings (SSSR count). The Hall–Kier alpha value is 0.951. The van der Waals surface area contributed by atoms with E-state index in [0.29, 0.717) is 5.92 Å². The van der Waals surface area contributed by atoms with Gasteiger partial charge in [0.05, 0.1) is 0 Å². The van der Waals surface area contributed by atoms with Crippen molar-refractivity contribution in [1.29, 1.82) is 0 Å². The number of hydrogen-bond acceptors (Lipinski definition) is 1. The van der Waals surface area contributed by atoms with Crippen LogP contribution in [-0.2, 0) is 16.9 Å². The van der Waals surface area contributed by atoms with Gasteiger partial charge in [-0.3, -0.25) is 0 Å². The number of rotatable bonds is 2. The summed E-state index contributed by atoms with van der Waals surface area (Å²) in [7, 11) is 0. The maximum Gasteiger partial charge on any atom is -1.00 e. The molecule has 0 aromatic rings. The zero-order chi connectivity index (χ0) is 14.2. The molecule has 0 spiro atoms. The summed E-state index contributed by atoms with van der Waals surface area (Å²) in [4.78, 5) is 0. The normalized spacial score (nSPS) is 18.3. The van der Waals surface area contributed by atoms with Crippen molar-refractivity contribution < 1.29 is 41.7 Å². The molecule has 1 aliphatic carbocycles. The van der Waals surface area contributed by atoms with Crippen LogP contribution in [0.25, 0.3) is 0 Å². The second kappa shape index (κ2) is 8.55. The Morgan fingerprint density at radius 2 is 1.45 bits per heavy atom. The van der Waals surface area contributed by atoms with Crippen LogP contribution in [0.2, 0.25) is 13.1 Å². The molecule has 0 fully saturated rings. The first kappa shape index (κ1) is 23.2. The van der Waals surface area contributed by atoms with Crippen LogP contribution in [0.5, 0.6) is 0 Å². The van der Waals surface area contributed by atoms with Crippen molar-refractivity contribution in [3.05, 3.63) is 20.6 Å². The van der Waals surface area contributed by atoms with Crippen LogP contribution >= 0.6 is 0 Å². The van der Waals surface area contributed by atoms with Crippen molar-refractivity contribution in [1.82, 2.24) is 3.80 Å². The molecule has 0 radical (unpaired) electrons. The molecule has 0 aromatic heterocycles. The van der Waals surface area contributed by atoms with Crippen LogP contribution in [0.4, 0.5) is 0 Å². The number of hydrogen-bond donors (Lipinski definition) is 1. The van der Waals surface area contributed by atoms with Crippen LogP contribution in [-0.4, -0.2) is 11.7 Å². The van der Waals surface area contributed by atoms with Gasteiger partial charge in [0.25, 0.3) is 0 Å².